The van der Waals surface area contributed by atoms with E-state index in [1.165, 1.54) is 16.2 Å². The van der Waals surface area contributed by atoms with Crippen LogP contribution < -0.4 is 11.1 Å². The van der Waals surface area contributed by atoms with Gasteiger partial charge in [-0.1, -0.05) is 6.92 Å². The van der Waals surface area contributed by atoms with Gasteiger partial charge in [0.1, 0.15) is 0 Å². The van der Waals surface area contributed by atoms with Crippen LogP contribution in [0.3, 0.4) is 0 Å². The number of hydrogen-bond donors (Lipinski definition) is 2. The molecule has 1 aromatic rings. The Hall–Kier alpha value is -1.03. The van der Waals surface area contributed by atoms with Crippen LogP contribution in [0.4, 0.5) is 5.00 Å². The molecule has 0 radical (unpaired) electrons. The van der Waals surface area contributed by atoms with Crippen LogP contribution in [0.5, 0.6) is 0 Å². The number of nitrogens with one attached hydrogen (secondary N) is 1. The minimum Gasteiger partial charge on any atom is -0.390 e. The van der Waals surface area contributed by atoms with Crippen LogP contribution in [-0.4, -0.2) is 11.9 Å². The molecule has 4 heteroatoms. The zero-order chi connectivity index (χ0) is 10.1. The predicted molar refractivity (Wildman–Crippen MR) is 58.6 cm³/mol. The first kappa shape index (κ1) is 9.52. The topological polar surface area (TPSA) is 55.1 Å². The van der Waals surface area contributed by atoms with Crippen LogP contribution in [0.25, 0.3) is 0 Å². The highest BCUT2D eigenvalue weighted by atomic mass is 32.1. The van der Waals surface area contributed by atoms with Crippen LogP contribution in [0, 0.1) is 0 Å². The second kappa shape index (κ2) is 3.61. The van der Waals surface area contributed by atoms with Gasteiger partial charge in [-0.25, -0.2) is 0 Å². The van der Waals surface area contributed by atoms with Gasteiger partial charge < -0.3 is 11.1 Å². The van der Waals surface area contributed by atoms with Crippen LogP contribution in [0.15, 0.2) is 6.07 Å². The lowest BCUT2D eigenvalue weighted by Gasteiger charge is -2.00. The maximum Gasteiger partial charge on any atom is 0.254 e. The van der Waals surface area contributed by atoms with Gasteiger partial charge >= 0.3 is 0 Å². The molecule has 3 N–H and O–H groups in total. The molecule has 76 valence electrons. The van der Waals surface area contributed by atoms with Gasteiger partial charge in [-0.2, -0.15) is 0 Å². The molecule has 14 heavy (non-hydrogen) atoms. The largest absolute Gasteiger partial charge is 0.390 e. The fourth-order valence-corrected chi connectivity index (χ4v) is 2.17. The molecule has 0 spiro atoms. The van der Waals surface area contributed by atoms with E-state index in [2.05, 4.69) is 12.2 Å². The molecule has 1 aromatic heterocycles. The number of nitrogen functional groups attached to an aromatic ring is 1. The van der Waals surface area contributed by atoms with E-state index < -0.39 is 0 Å². The quantitative estimate of drug-likeness (QED) is 0.799. The van der Waals surface area contributed by atoms with Crippen LogP contribution >= 0.6 is 11.3 Å². The minimum atomic E-state index is -0.0130. The first-order valence-corrected chi connectivity index (χ1v) is 5.71. The van der Waals surface area contributed by atoms with Gasteiger partial charge in [-0.3, -0.25) is 4.79 Å². The van der Waals surface area contributed by atoms with Crippen LogP contribution in [0.1, 0.15) is 35.0 Å². The standard InChI is InChI=1S/C10H14N2OS/c1-2-7-5-8(9(11)14-7)10(13)12-6-3-4-6/h5-6H,2-4,11H2,1H3,(H,12,13). The third-order valence-electron chi connectivity index (χ3n) is 2.32. The van der Waals surface area contributed by atoms with Gasteiger partial charge in [0.05, 0.1) is 10.6 Å². The maximum atomic E-state index is 11.7. The molecule has 0 unspecified atom stereocenters. The Labute approximate surface area is 87.3 Å². The normalized spacial score (nSPS) is 15.5. The highest BCUT2D eigenvalue weighted by molar-refractivity contribution is 7.16. The molecule has 3 nitrogen and oxygen atoms in total. The molecule has 0 atom stereocenters. The maximum absolute atomic E-state index is 11.7. The van der Waals surface area contributed by atoms with E-state index in [0.29, 0.717) is 16.6 Å². The molecular formula is C10H14N2OS. The molecule has 1 amide bonds. The summed E-state index contributed by atoms with van der Waals surface area (Å²) in [5.74, 6) is -0.0130. The molecule has 1 saturated carbocycles. The number of anilines is 1. The summed E-state index contributed by atoms with van der Waals surface area (Å²) >= 11 is 1.51. The van der Waals surface area contributed by atoms with Crippen molar-refractivity contribution in [1.82, 2.24) is 5.32 Å². The average molecular weight is 210 g/mol. The van der Waals surface area contributed by atoms with Gasteiger partial charge in [-0.15, -0.1) is 11.3 Å². The first-order chi connectivity index (χ1) is 6.70. The summed E-state index contributed by atoms with van der Waals surface area (Å²) in [6, 6.07) is 2.30. The SMILES string of the molecule is CCc1cc(C(=O)NC2CC2)c(N)s1. The third kappa shape index (κ3) is 1.90. The van der Waals surface area contributed by atoms with Crippen molar-refractivity contribution in [3.8, 4) is 0 Å². The van der Waals surface area contributed by atoms with Crippen molar-refractivity contribution in [3.05, 3.63) is 16.5 Å². The van der Waals surface area contributed by atoms with E-state index >= 15 is 0 Å². The Morgan fingerprint density at radius 2 is 2.43 bits per heavy atom. The summed E-state index contributed by atoms with van der Waals surface area (Å²) in [4.78, 5) is 12.8. The van der Waals surface area contributed by atoms with Gasteiger partial charge in [0.2, 0.25) is 0 Å². The number of aryl methyl sites for hydroxylation is 1. The lowest BCUT2D eigenvalue weighted by Crippen LogP contribution is -2.25. The number of amides is 1. The van der Waals surface area contributed by atoms with E-state index in [0.717, 1.165) is 19.3 Å². The van der Waals surface area contributed by atoms with Crippen molar-refractivity contribution in [2.24, 2.45) is 0 Å². The van der Waals surface area contributed by atoms with Crippen molar-refractivity contribution in [2.75, 3.05) is 5.73 Å². The van der Waals surface area contributed by atoms with Crippen molar-refractivity contribution in [3.63, 3.8) is 0 Å². The Kier molecular flexibility index (Phi) is 2.46. The monoisotopic (exact) mass is 210 g/mol. The fourth-order valence-electron chi connectivity index (χ4n) is 1.30. The third-order valence-corrected chi connectivity index (χ3v) is 3.43. The summed E-state index contributed by atoms with van der Waals surface area (Å²) in [5.41, 5.74) is 6.42. The molecule has 0 aliphatic heterocycles. The van der Waals surface area contributed by atoms with E-state index in [1.54, 1.807) is 0 Å². The number of carbonyl (C=O) groups is 1. The predicted octanol–water partition coefficient (Wildman–Crippen LogP) is 1.78. The van der Waals surface area contributed by atoms with E-state index in [9.17, 15) is 4.79 Å². The van der Waals surface area contributed by atoms with Gasteiger partial charge in [0, 0.05) is 10.9 Å². The summed E-state index contributed by atoms with van der Waals surface area (Å²) in [5, 5.41) is 3.58. The Morgan fingerprint density at radius 1 is 1.71 bits per heavy atom. The lowest BCUT2D eigenvalue weighted by molar-refractivity contribution is 0.0952. The number of rotatable bonds is 3. The number of nitrogens with two attached hydrogens (primary N) is 1. The molecule has 1 aliphatic rings. The Morgan fingerprint density at radius 3 is 2.93 bits per heavy atom. The highest BCUT2D eigenvalue weighted by Crippen LogP contribution is 2.26. The molecule has 0 bridgehead atoms. The lowest BCUT2D eigenvalue weighted by atomic mass is 10.2. The van der Waals surface area contributed by atoms with Crippen molar-refractivity contribution < 1.29 is 4.79 Å². The van der Waals surface area contributed by atoms with Gasteiger partial charge in [0.15, 0.2) is 0 Å². The fraction of sp³-hybridized carbons (Fsp3) is 0.500. The van der Waals surface area contributed by atoms with Crippen LogP contribution in [-0.2, 0) is 6.42 Å². The highest BCUT2D eigenvalue weighted by Gasteiger charge is 2.25. The Bertz CT molecular complexity index is 355. The summed E-state index contributed by atoms with van der Waals surface area (Å²) in [7, 11) is 0. The summed E-state index contributed by atoms with van der Waals surface area (Å²) < 4.78 is 0. The second-order valence-corrected chi connectivity index (χ2v) is 4.76. The zero-order valence-corrected chi connectivity index (χ0v) is 8.99. The minimum absolute atomic E-state index is 0.0130. The van der Waals surface area contributed by atoms with Crippen LogP contribution in [0.2, 0.25) is 0 Å². The van der Waals surface area contributed by atoms with Gasteiger partial charge in [0.25, 0.3) is 5.91 Å². The number of carbonyl (C=O) groups excluding carboxylic acids is 1. The number of hydrogen-bond acceptors (Lipinski definition) is 3. The number of thiophene rings is 1. The Balaban J connectivity index is 2.12. The van der Waals surface area contributed by atoms with E-state index in [4.69, 9.17) is 5.73 Å². The molecule has 0 saturated heterocycles. The summed E-state index contributed by atoms with van der Waals surface area (Å²) in [6.45, 7) is 2.06. The smallest absolute Gasteiger partial charge is 0.254 e. The average Bonchev–Trinajstić information content (AvgIpc) is 2.87. The van der Waals surface area contributed by atoms with E-state index in [-0.39, 0.29) is 5.91 Å². The molecule has 2 rings (SSSR count). The molecule has 1 heterocycles. The van der Waals surface area contributed by atoms with Crippen molar-refractivity contribution >= 4 is 22.2 Å². The molecular weight excluding hydrogens is 196 g/mol. The second-order valence-electron chi connectivity index (χ2n) is 3.59. The van der Waals surface area contributed by atoms with Crippen molar-refractivity contribution in [1.29, 1.82) is 0 Å². The molecule has 1 fully saturated rings. The van der Waals surface area contributed by atoms with E-state index in [1.807, 2.05) is 6.07 Å². The van der Waals surface area contributed by atoms with Crippen molar-refractivity contribution in [2.45, 2.75) is 32.2 Å². The summed E-state index contributed by atoms with van der Waals surface area (Å²) in [6.07, 6.45) is 3.15. The molecule has 1 aliphatic carbocycles. The first-order valence-electron chi connectivity index (χ1n) is 4.89. The zero-order valence-electron chi connectivity index (χ0n) is 8.17. The molecule has 0 aromatic carbocycles. The van der Waals surface area contributed by atoms with Gasteiger partial charge in [-0.05, 0) is 25.3 Å².